The minimum atomic E-state index is -3.67. The number of anilines is 2. The molecule has 7 nitrogen and oxygen atoms in total. The van der Waals surface area contributed by atoms with E-state index in [2.05, 4.69) is 19.8 Å². The van der Waals surface area contributed by atoms with E-state index in [1.807, 2.05) is 19.1 Å². The van der Waals surface area contributed by atoms with Crippen LogP contribution in [0.4, 0.5) is 11.5 Å². The number of aryl methyl sites for hydroxylation is 1. The predicted octanol–water partition coefficient (Wildman–Crippen LogP) is 3.45. The van der Waals surface area contributed by atoms with Crippen molar-refractivity contribution in [1.29, 1.82) is 0 Å². The fourth-order valence-electron chi connectivity index (χ4n) is 4.12. The van der Waals surface area contributed by atoms with Gasteiger partial charge in [0, 0.05) is 23.9 Å². The monoisotopic (exact) mass is 424 g/mol. The molecule has 0 spiro atoms. The van der Waals surface area contributed by atoms with Gasteiger partial charge in [0.25, 0.3) is 10.0 Å². The molecular weight excluding hydrogens is 400 g/mol. The molecule has 1 aromatic heterocycles. The van der Waals surface area contributed by atoms with E-state index in [0.29, 0.717) is 24.8 Å². The lowest BCUT2D eigenvalue weighted by Gasteiger charge is -2.29. The summed E-state index contributed by atoms with van der Waals surface area (Å²) in [6.45, 7) is 4.82. The highest BCUT2D eigenvalue weighted by Gasteiger charge is 2.31. The lowest BCUT2D eigenvalue weighted by atomic mass is 9.98. The highest BCUT2D eigenvalue weighted by molar-refractivity contribution is 7.92. The van der Waals surface area contributed by atoms with Gasteiger partial charge in [-0.05, 0) is 55.5 Å². The maximum Gasteiger partial charge on any atom is 0.261 e. The molecule has 30 heavy (non-hydrogen) atoms. The van der Waals surface area contributed by atoms with Crippen LogP contribution in [-0.2, 0) is 14.8 Å². The molecule has 1 N–H and O–H groups in total. The van der Waals surface area contributed by atoms with Crippen molar-refractivity contribution >= 4 is 32.3 Å². The molecule has 2 aromatic carbocycles. The zero-order valence-corrected chi connectivity index (χ0v) is 17.7. The Bertz CT molecular complexity index is 1190. The van der Waals surface area contributed by atoms with E-state index >= 15 is 0 Å². The number of morpholine rings is 1. The van der Waals surface area contributed by atoms with E-state index in [-0.39, 0.29) is 4.90 Å². The number of fused-ring (bicyclic) bond motifs is 1. The molecular formula is C22H24N4O3S. The average Bonchev–Trinajstić information content (AvgIpc) is 3.60. The van der Waals surface area contributed by atoms with Crippen molar-refractivity contribution in [2.24, 2.45) is 0 Å². The molecule has 1 aliphatic carbocycles. The van der Waals surface area contributed by atoms with Gasteiger partial charge in [0.2, 0.25) is 0 Å². The Balaban J connectivity index is 1.64. The van der Waals surface area contributed by atoms with Crippen molar-refractivity contribution in [2.75, 3.05) is 35.9 Å². The average molecular weight is 425 g/mol. The van der Waals surface area contributed by atoms with Crippen molar-refractivity contribution < 1.29 is 13.2 Å². The molecule has 2 heterocycles. The van der Waals surface area contributed by atoms with Crippen LogP contribution in [-0.4, -0.2) is 44.9 Å². The Morgan fingerprint density at radius 3 is 2.47 bits per heavy atom. The van der Waals surface area contributed by atoms with Crippen LogP contribution in [0.5, 0.6) is 0 Å². The van der Waals surface area contributed by atoms with Gasteiger partial charge in [0.05, 0.1) is 29.5 Å². The summed E-state index contributed by atoms with van der Waals surface area (Å²) in [7, 11) is -3.67. The van der Waals surface area contributed by atoms with Gasteiger partial charge in [-0.3, -0.25) is 4.72 Å². The van der Waals surface area contributed by atoms with Gasteiger partial charge in [0.15, 0.2) is 5.82 Å². The van der Waals surface area contributed by atoms with Gasteiger partial charge < -0.3 is 9.64 Å². The van der Waals surface area contributed by atoms with Gasteiger partial charge in [-0.1, -0.05) is 18.2 Å². The largest absolute Gasteiger partial charge is 0.378 e. The zero-order valence-electron chi connectivity index (χ0n) is 16.8. The maximum absolute atomic E-state index is 13.0. The SMILES string of the molecule is Cc1nnc(N2CCOCC2)c2ccc(NS(=O)(=O)c3ccccc3)c(C3CC3)c12. The summed E-state index contributed by atoms with van der Waals surface area (Å²) < 4.78 is 34.3. The molecule has 1 saturated heterocycles. The number of benzene rings is 2. The zero-order chi connectivity index (χ0) is 20.7. The van der Waals surface area contributed by atoms with Crippen LogP contribution in [0.1, 0.15) is 30.0 Å². The van der Waals surface area contributed by atoms with E-state index < -0.39 is 10.0 Å². The van der Waals surface area contributed by atoms with E-state index in [4.69, 9.17) is 4.74 Å². The minimum Gasteiger partial charge on any atom is -0.378 e. The van der Waals surface area contributed by atoms with Crippen molar-refractivity contribution in [3.63, 3.8) is 0 Å². The predicted molar refractivity (Wildman–Crippen MR) is 117 cm³/mol. The van der Waals surface area contributed by atoms with Crippen molar-refractivity contribution in [3.05, 3.63) is 53.7 Å². The molecule has 5 rings (SSSR count). The highest BCUT2D eigenvalue weighted by atomic mass is 32.2. The fraction of sp³-hybridized carbons (Fsp3) is 0.364. The van der Waals surface area contributed by atoms with Gasteiger partial charge in [-0.15, -0.1) is 5.10 Å². The molecule has 2 fully saturated rings. The first-order valence-electron chi connectivity index (χ1n) is 10.2. The molecule has 0 bridgehead atoms. The summed E-state index contributed by atoms with van der Waals surface area (Å²) in [6.07, 6.45) is 2.10. The lowest BCUT2D eigenvalue weighted by Crippen LogP contribution is -2.37. The molecule has 3 aromatic rings. The van der Waals surface area contributed by atoms with Gasteiger partial charge in [-0.25, -0.2) is 8.42 Å². The smallest absolute Gasteiger partial charge is 0.261 e. The standard InChI is InChI=1S/C22H24N4O3S/c1-15-20-18(22(24-23-15)26-11-13-29-14-12-26)9-10-19(21(20)16-7-8-16)25-30(27,28)17-5-3-2-4-6-17/h2-6,9-10,16,25H,7-8,11-14H2,1H3. The van der Waals surface area contributed by atoms with Crippen LogP contribution in [0.15, 0.2) is 47.4 Å². The number of sulfonamides is 1. The van der Waals surface area contributed by atoms with Crippen molar-refractivity contribution in [2.45, 2.75) is 30.6 Å². The summed E-state index contributed by atoms with van der Waals surface area (Å²) in [5.74, 6) is 1.18. The first-order chi connectivity index (χ1) is 14.5. The first-order valence-corrected chi connectivity index (χ1v) is 11.7. The number of nitrogens with zero attached hydrogens (tertiary/aromatic N) is 3. The summed E-state index contributed by atoms with van der Waals surface area (Å²) in [5, 5.41) is 11.0. The summed E-state index contributed by atoms with van der Waals surface area (Å²) in [5.41, 5.74) is 2.50. The third-order valence-electron chi connectivity index (χ3n) is 5.74. The van der Waals surface area contributed by atoms with Gasteiger partial charge >= 0.3 is 0 Å². The maximum atomic E-state index is 13.0. The Morgan fingerprint density at radius 2 is 1.77 bits per heavy atom. The molecule has 156 valence electrons. The number of aromatic nitrogens is 2. The minimum absolute atomic E-state index is 0.255. The van der Waals surface area contributed by atoms with Crippen LogP contribution in [0.2, 0.25) is 0 Å². The van der Waals surface area contributed by atoms with Crippen LogP contribution in [0.25, 0.3) is 10.8 Å². The van der Waals surface area contributed by atoms with Crippen molar-refractivity contribution in [1.82, 2.24) is 10.2 Å². The second kappa shape index (κ2) is 7.52. The molecule has 0 radical (unpaired) electrons. The topological polar surface area (TPSA) is 84.4 Å². The molecule has 2 aliphatic rings. The summed E-state index contributed by atoms with van der Waals surface area (Å²) in [4.78, 5) is 2.45. The van der Waals surface area contributed by atoms with E-state index in [0.717, 1.165) is 53.8 Å². The third kappa shape index (κ3) is 3.50. The highest BCUT2D eigenvalue weighted by Crippen LogP contribution is 2.48. The van der Waals surface area contributed by atoms with E-state index in [9.17, 15) is 8.42 Å². The third-order valence-corrected chi connectivity index (χ3v) is 7.12. The van der Waals surface area contributed by atoms with Gasteiger partial charge in [-0.2, -0.15) is 5.10 Å². The summed E-state index contributed by atoms with van der Waals surface area (Å²) >= 11 is 0. The number of nitrogens with one attached hydrogen (secondary N) is 1. The quantitative estimate of drug-likeness (QED) is 0.675. The number of hydrogen-bond acceptors (Lipinski definition) is 6. The van der Waals surface area contributed by atoms with Crippen LogP contribution in [0, 0.1) is 6.92 Å². The number of ether oxygens (including phenoxy) is 1. The Hall–Kier alpha value is -2.71. The van der Waals surface area contributed by atoms with Crippen LogP contribution >= 0.6 is 0 Å². The fourth-order valence-corrected chi connectivity index (χ4v) is 5.22. The van der Waals surface area contributed by atoms with Crippen molar-refractivity contribution in [3.8, 4) is 0 Å². The van der Waals surface area contributed by atoms with Gasteiger partial charge in [0.1, 0.15) is 0 Å². The van der Waals surface area contributed by atoms with E-state index in [1.165, 1.54) is 0 Å². The van der Waals surface area contributed by atoms with E-state index in [1.54, 1.807) is 30.3 Å². The lowest BCUT2D eigenvalue weighted by molar-refractivity contribution is 0.122. The first kappa shape index (κ1) is 19.3. The second-order valence-electron chi connectivity index (χ2n) is 7.85. The summed E-state index contributed by atoms with van der Waals surface area (Å²) in [6, 6.07) is 12.3. The molecule has 0 atom stereocenters. The Labute approximate surface area is 176 Å². The van der Waals surface area contributed by atoms with Crippen LogP contribution < -0.4 is 9.62 Å². The molecule has 8 heteroatoms. The molecule has 0 amide bonds. The molecule has 1 aliphatic heterocycles. The normalized spacial score (nSPS) is 17.3. The Kier molecular flexibility index (Phi) is 4.83. The van der Waals surface area contributed by atoms with Crippen LogP contribution in [0.3, 0.4) is 0 Å². The Morgan fingerprint density at radius 1 is 1.03 bits per heavy atom. The number of rotatable bonds is 5. The molecule has 0 unspecified atom stereocenters. The second-order valence-corrected chi connectivity index (χ2v) is 9.53. The molecule has 1 saturated carbocycles. The number of hydrogen-bond donors (Lipinski definition) is 1.